The van der Waals surface area contributed by atoms with Crippen molar-refractivity contribution in [2.75, 3.05) is 19.6 Å². The molecule has 27 heavy (non-hydrogen) atoms. The van der Waals surface area contributed by atoms with Gasteiger partial charge in [-0.05, 0) is 23.6 Å². The molecule has 1 saturated heterocycles. The molecule has 138 valence electrons. The van der Waals surface area contributed by atoms with Crippen LogP contribution in [0.4, 0.5) is 0 Å². The highest BCUT2D eigenvalue weighted by Crippen LogP contribution is 2.32. The molecule has 0 spiro atoms. The molecular weight excluding hydrogens is 338 g/mol. The minimum absolute atomic E-state index is 0.0776. The van der Waals surface area contributed by atoms with Crippen molar-refractivity contribution in [2.24, 2.45) is 11.7 Å². The van der Waals surface area contributed by atoms with Gasteiger partial charge in [0.05, 0.1) is 12.7 Å². The molecular formula is C21H23N5O. The van der Waals surface area contributed by atoms with Gasteiger partial charge in [0.15, 0.2) is 5.69 Å². The number of hydrogen-bond donors (Lipinski definition) is 1. The van der Waals surface area contributed by atoms with E-state index < -0.39 is 0 Å². The smallest absolute Gasteiger partial charge is 0.276 e. The molecule has 6 heteroatoms. The maximum absolute atomic E-state index is 12.9. The normalized spacial score (nSPS) is 19.4. The van der Waals surface area contributed by atoms with E-state index in [-0.39, 0.29) is 17.7 Å². The molecule has 1 aliphatic heterocycles. The predicted molar refractivity (Wildman–Crippen MR) is 103 cm³/mol. The van der Waals surface area contributed by atoms with E-state index in [1.165, 1.54) is 5.56 Å². The molecule has 2 heterocycles. The summed E-state index contributed by atoms with van der Waals surface area (Å²) in [6, 6.07) is 20.3. The summed E-state index contributed by atoms with van der Waals surface area (Å²) < 4.78 is 1.70. The van der Waals surface area contributed by atoms with Crippen LogP contribution in [-0.4, -0.2) is 45.4 Å². The SMILES string of the molecule is NC[C@@H]1CN(C(=O)c2cn(Cc3ccccc3)nn2)C[C@H]1c1ccccc1. The van der Waals surface area contributed by atoms with Crippen LogP contribution in [0.3, 0.4) is 0 Å². The summed E-state index contributed by atoms with van der Waals surface area (Å²) in [6.07, 6.45) is 1.72. The van der Waals surface area contributed by atoms with Crippen molar-refractivity contribution in [2.45, 2.75) is 12.5 Å². The second kappa shape index (κ2) is 7.72. The first-order valence-corrected chi connectivity index (χ1v) is 9.23. The third kappa shape index (κ3) is 3.75. The zero-order chi connectivity index (χ0) is 18.6. The topological polar surface area (TPSA) is 77.0 Å². The van der Waals surface area contributed by atoms with E-state index in [1.807, 2.05) is 53.4 Å². The third-order valence-electron chi connectivity index (χ3n) is 5.20. The highest BCUT2D eigenvalue weighted by atomic mass is 16.2. The number of amides is 1. The van der Waals surface area contributed by atoms with Crippen LogP contribution < -0.4 is 5.73 Å². The highest BCUT2D eigenvalue weighted by Gasteiger charge is 2.36. The van der Waals surface area contributed by atoms with E-state index >= 15 is 0 Å². The molecule has 3 aromatic rings. The van der Waals surface area contributed by atoms with Gasteiger partial charge < -0.3 is 10.6 Å². The van der Waals surface area contributed by atoms with Crippen molar-refractivity contribution < 1.29 is 4.79 Å². The fraction of sp³-hybridized carbons (Fsp3) is 0.286. The maximum Gasteiger partial charge on any atom is 0.276 e. The molecule has 0 unspecified atom stereocenters. The largest absolute Gasteiger partial charge is 0.336 e. The van der Waals surface area contributed by atoms with Gasteiger partial charge >= 0.3 is 0 Å². The van der Waals surface area contributed by atoms with Gasteiger partial charge in [0.2, 0.25) is 0 Å². The van der Waals surface area contributed by atoms with Gasteiger partial charge in [-0.2, -0.15) is 0 Å². The first-order valence-electron chi connectivity index (χ1n) is 9.23. The lowest BCUT2D eigenvalue weighted by Gasteiger charge is -2.16. The monoisotopic (exact) mass is 361 g/mol. The Hall–Kier alpha value is -2.99. The minimum atomic E-state index is -0.0776. The molecule has 2 atom stereocenters. The number of nitrogens with two attached hydrogens (primary N) is 1. The van der Waals surface area contributed by atoms with Crippen LogP contribution in [0, 0.1) is 5.92 Å². The van der Waals surface area contributed by atoms with Crippen LogP contribution in [0.2, 0.25) is 0 Å². The summed E-state index contributed by atoms with van der Waals surface area (Å²) in [5, 5.41) is 8.21. The van der Waals surface area contributed by atoms with Crippen LogP contribution in [-0.2, 0) is 6.54 Å². The Morgan fingerprint density at radius 1 is 1.04 bits per heavy atom. The van der Waals surface area contributed by atoms with E-state index in [9.17, 15) is 4.79 Å². The average Bonchev–Trinajstić information content (AvgIpc) is 3.36. The molecule has 1 aliphatic rings. The number of aromatic nitrogens is 3. The maximum atomic E-state index is 12.9. The van der Waals surface area contributed by atoms with Crippen molar-refractivity contribution in [1.82, 2.24) is 19.9 Å². The van der Waals surface area contributed by atoms with Crippen LogP contribution in [0.15, 0.2) is 66.9 Å². The number of benzene rings is 2. The standard InChI is InChI=1S/C21H23N5O/c22-11-18-13-25(14-19(18)17-9-5-2-6-10-17)21(27)20-15-26(24-23-20)12-16-7-3-1-4-8-16/h1-10,15,18-19H,11-14,22H2/t18-,19+/m1/s1. The van der Waals surface area contributed by atoms with Crippen molar-refractivity contribution >= 4 is 5.91 Å². The molecule has 0 saturated carbocycles. The second-order valence-electron chi connectivity index (χ2n) is 7.01. The molecule has 1 amide bonds. The minimum Gasteiger partial charge on any atom is -0.336 e. The van der Waals surface area contributed by atoms with Gasteiger partial charge in [0.1, 0.15) is 0 Å². The molecule has 0 aliphatic carbocycles. The lowest BCUT2D eigenvalue weighted by atomic mass is 9.89. The van der Waals surface area contributed by atoms with Gasteiger partial charge in [0, 0.05) is 19.0 Å². The molecule has 1 aromatic heterocycles. The Bertz CT molecular complexity index is 893. The Labute approximate surface area is 158 Å². The summed E-state index contributed by atoms with van der Waals surface area (Å²) in [6.45, 7) is 2.47. The van der Waals surface area contributed by atoms with Gasteiger partial charge in [-0.15, -0.1) is 5.10 Å². The molecule has 0 bridgehead atoms. The summed E-state index contributed by atoms with van der Waals surface area (Å²) in [4.78, 5) is 14.8. The van der Waals surface area contributed by atoms with E-state index in [1.54, 1.807) is 10.9 Å². The first-order chi connectivity index (χ1) is 13.2. The molecule has 6 nitrogen and oxygen atoms in total. The van der Waals surface area contributed by atoms with Crippen LogP contribution >= 0.6 is 0 Å². The molecule has 2 aromatic carbocycles. The van der Waals surface area contributed by atoms with E-state index in [2.05, 4.69) is 22.4 Å². The number of likely N-dealkylation sites (tertiary alicyclic amines) is 1. The zero-order valence-corrected chi connectivity index (χ0v) is 15.1. The van der Waals surface area contributed by atoms with E-state index in [0.29, 0.717) is 31.9 Å². The zero-order valence-electron chi connectivity index (χ0n) is 15.1. The highest BCUT2D eigenvalue weighted by molar-refractivity contribution is 5.92. The van der Waals surface area contributed by atoms with Gasteiger partial charge in [0.25, 0.3) is 5.91 Å². The van der Waals surface area contributed by atoms with Crippen molar-refractivity contribution in [3.8, 4) is 0 Å². The van der Waals surface area contributed by atoms with Crippen molar-refractivity contribution in [3.05, 3.63) is 83.7 Å². The Morgan fingerprint density at radius 2 is 1.74 bits per heavy atom. The molecule has 2 N–H and O–H groups in total. The van der Waals surface area contributed by atoms with Gasteiger partial charge in [-0.25, -0.2) is 4.68 Å². The van der Waals surface area contributed by atoms with Crippen LogP contribution in [0.25, 0.3) is 0 Å². The lowest BCUT2D eigenvalue weighted by Crippen LogP contribution is -2.30. The van der Waals surface area contributed by atoms with Gasteiger partial charge in [-0.3, -0.25) is 4.79 Å². The van der Waals surface area contributed by atoms with E-state index in [4.69, 9.17) is 5.73 Å². The molecule has 1 fully saturated rings. The number of carbonyl (C=O) groups excluding carboxylic acids is 1. The van der Waals surface area contributed by atoms with Crippen molar-refractivity contribution in [1.29, 1.82) is 0 Å². The van der Waals surface area contributed by atoms with Crippen LogP contribution in [0.1, 0.15) is 27.5 Å². The Balaban J connectivity index is 1.47. The molecule has 0 radical (unpaired) electrons. The first kappa shape index (κ1) is 17.4. The number of rotatable bonds is 5. The third-order valence-corrected chi connectivity index (χ3v) is 5.20. The lowest BCUT2D eigenvalue weighted by molar-refractivity contribution is 0.0780. The Kier molecular flexibility index (Phi) is 4.98. The fourth-order valence-electron chi connectivity index (χ4n) is 3.76. The second-order valence-corrected chi connectivity index (χ2v) is 7.01. The fourth-order valence-corrected chi connectivity index (χ4v) is 3.76. The van der Waals surface area contributed by atoms with E-state index in [0.717, 1.165) is 5.56 Å². The molecule has 4 rings (SSSR count). The summed E-state index contributed by atoms with van der Waals surface area (Å²) in [7, 11) is 0. The van der Waals surface area contributed by atoms with Crippen molar-refractivity contribution in [3.63, 3.8) is 0 Å². The Morgan fingerprint density at radius 3 is 2.44 bits per heavy atom. The average molecular weight is 361 g/mol. The summed E-state index contributed by atoms with van der Waals surface area (Å²) in [5.74, 6) is 0.446. The number of carbonyl (C=O) groups is 1. The van der Waals surface area contributed by atoms with Crippen LogP contribution in [0.5, 0.6) is 0 Å². The number of hydrogen-bond acceptors (Lipinski definition) is 4. The number of nitrogens with zero attached hydrogens (tertiary/aromatic N) is 4. The van der Waals surface area contributed by atoms with Gasteiger partial charge in [-0.1, -0.05) is 65.9 Å². The predicted octanol–water partition coefficient (Wildman–Crippen LogP) is 2.14. The quantitative estimate of drug-likeness (QED) is 0.755. The summed E-state index contributed by atoms with van der Waals surface area (Å²) in [5.41, 5.74) is 8.72. The summed E-state index contributed by atoms with van der Waals surface area (Å²) >= 11 is 0.